The fraction of sp³-hybridized carbons (Fsp3) is 0.615. The van der Waals surface area contributed by atoms with Crippen molar-refractivity contribution in [3.05, 3.63) is 28.4 Å². The maximum Gasteiger partial charge on any atom is 0.363 e. The van der Waals surface area contributed by atoms with Gasteiger partial charge in [0.2, 0.25) is 0 Å². The highest BCUT2D eigenvalue weighted by molar-refractivity contribution is 5.46. The summed E-state index contributed by atoms with van der Waals surface area (Å²) < 4.78 is 0. The summed E-state index contributed by atoms with van der Waals surface area (Å²) in [6, 6.07) is 3.11. The molecular formula is C13H20N4O2. The molecule has 2 rings (SSSR count). The molecule has 3 N–H and O–H groups in total. The van der Waals surface area contributed by atoms with E-state index in [0.29, 0.717) is 12.5 Å². The molecular weight excluding hydrogens is 244 g/mol. The van der Waals surface area contributed by atoms with E-state index in [1.165, 1.54) is 18.7 Å². The Kier molecular flexibility index (Phi) is 3.99. The molecule has 1 aliphatic rings. The Morgan fingerprint density at radius 3 is 2.89 bits per heavy atom. The standard InChI is InChI=1S/C13H20N4O2/c1-10-4-2-3-7-13(10,9-14)16-11-5-6-12(15-8-11)17(18)19/h5-6,8,10,16H,2-4,7,9,14H2,1H3. The summed E-state index contributed by atoms with van der Waals surface area (Å²) >= 11 is 0. The third-order valence-corrected chi connectivity index (χ3v) is 4.15. The largest absolute Gasteiger partial charge is 0.375 e. The Morgan fingerprint density at radius 2 is 2.37 bits per heavy atom. The average molecular weight is 264 g/mol. The Balaban J connectivity index is 2.15. The zero-order valence-electron chi connectivity index (χ0n) is 11.1. The fourth-order valence-corrected chi connectivity index (χ4v) is 2.81. The topological polar surface area (TPSA) is 94.1 Å². The van der Waals surface area contributed by atoms with Crippen LogP contribution in [0.15, 0.2) is 18.3 Å². The molecule has 1 saturated carbocycles. The van der Waals surface area contributed by atoms with Crippen LogP contribution in [0.25, 0.3) is 0 Å². The summed E-state index contributed by atoms with van der Waals surface area (Å²) in [6.45, 7) is 2.77. The quantitative estimate of drug-likeness (QED) is 0.642. The second-order valence-corrected chi connectivity index (χ2v) is 5.29. The molecule has 0 aromatic carbocycles. The van der Waals surface area contributed by atoms with Crippen molar-refractivity contribution in [3.8, 4) is 0 Å². The van der Waals surface area contributed by atoms with Crippen LogP contribution in [0.2, 0.25) is 0 Å². The second-order valence-electron chi connectivity index (χ2n) is 5.29. The molecule has 0 spiro atoms. The molecule has 6 heteroatoms. The molecule has 2 unspecified atom stereocenters. The highest BCUT2D eigenvalue weighted by Crippen LogP contribution is 2.35. The van der Waals surface area contributed by atoms with E-state index in [1.807, 2.05) is 0 Å². The minimum Gasteiger partial charge on any atom is -0.375 e. The molecule has 2 atom stereocenters. The summed E-state index contributed by atoms with van der Waals surface area (Å²) in [5.41, 5.74) is 6.64. The van der Waals surface area contributed by atoms with Crippen molar-refractivity contribution in [2.45, 2.75) is 38.1 Å². The molecule has 6 nitrogen and oxygen atoms in total. The minimum absolute atomic E-state index is 0.115. The van der Waals surface area contributed by atoms with Crippen LogP contribution in [-0.4, -0.2) is 22.0 Å². The van der Waals surface area contributed by atoms with E-state index in [-0.39, 0.29) is 11.4 Å². The zero-order valence-corrected chi connectivity index (χ0v) is 11.1. The van der Waals surface area contributed by atoms with Gasteiger partial charge in [0.1, 0.15) is 0 Å². The van der Waals surface area contributed by atoms with Crippen LogP contribution in [0.4, 0.5) is 11.5 Å². The lowest BCUT2D eigenvalue weighted by Gasteiger charge is -2.43. The first-order chi connectivity index (χ1) is 9.07. The van der Waals surface area contributed by atoms with Crippen LogP contribution in [0.5, 0.6) is 0 Å². The van der Waals surface area contributed by atoms with E-state index in [4.69, 9.17) is 5.73 Å². The Morgan fingerprint density at radius 1 is 1.58 bits per heavy atom. The van der Waals surface area contributed by atoms with E-state index < -0.39 is 4.92 Å². The molecule has 0 radical (unpaired) electrons. The first-order valence-corrected chi connectivity index (χ1v) is 6.66. The molecule has 1 aromatic heterocycles. The lowest BCUT2D eigenvalue weighted by atomic mass is 9.73. The number of nitro groups is 1. The minimum atomic E-state index is -0.494. The van der Waals surface area contributed by atoms with Crippen LogP contribution in [-0.2, 0) is 0 Å². The van der Waals surface area contributed by atoms with Crippen molar-refractivity contribution in [1.29, 1.82) is 0 Å². The summed E-state index contributed by atoms with van der Waals surface area (Å²) in [4.78, 5) is 13.9. The summed E-state index contributed by atoms with van der Waals surface area (Å²) in [5, 5.41) is 14.0. The maximum atomic E-state index is 10.6. The third-order valence-electron chi connectivity index (χ3n) is 4.15. The second kappa shape index (κ2) is 5.52. The monoisotopic (exact) mass is 264 g/mol. The third kappa shape index (κ3) is 2.84. The highest BCUT2D eigenvalue weighted by atomic mass is 16.6. The zero-order chi connectivity index (χ0) is 13.9. The summed E-state index contributed by atoms with van der Waals surface area (Å²) in [5.74, 6) is 0.352. The van der Waals surface area contributed by atoms with Gasteiger partial charge in [-0.1, -0.05) is 19.8 Å². The van der Waals surface area contributed by atoms with Crippen molar-refractivity contribution in [2.75, 3.05) is 11.9 Å². The van der Waals surface area contributed by atoms with Gasteiger partial charge in [-0.05, 0) is 34.7 Å². The van der Waals surface area contributed by atoms with Gasteiger partial charge in [0.15, 0.2) is 6.20 Å². The number of nitrogens with two attached hydrogens (primary N) is 1. The highest BCUT2D eigenvalue weighted by Gasteiger charge is 2.37. The average Bonchev–Trinajstić information content (AvgIpc) is 2.42. The molecule has 0 amide bonds. The molecule has 1 fully saturated rings. The maximum absolute atomic E-state index is 10.6. The van der Waals surface area contributed by atoms with E-state index in [2.05, 4.69) is 17.2 Å². The van der Waals surface area contributed by atoms with Crippen LogP contribution in [0.3, 0.4) is 0 Å². The normalized spacial score (nSPS) is 26.9. The molecule has 19 heavy (non-hydrogen) atoms. The van der Waals surface area contributed by atoms with Gasteiger partial charge in [-0.2, -0.15) is 0 Å². The number of rotatable bonds is 4. The Labute approximate surface area is 112 Å². The van der Waals surface area contributed by atoms with Crippen molar-refractivity contribution in [1.82, 2.24) is 4.98 Å². The van der Waals surface area contributed by atoms with Crippen molar-refractivity contribution >= 4 is 11.5 Å². The lowest BCUT2D eigenvalue weighted by Crippen LogP contribution is -2.52. The number of anilines is 1. The SMILES string of the molecule is CC1CCCCC1(CN)Nc1ccc([N+](=O)[O-])nc1. The molecule has 0 bridgehead atoms. The number of pyridine rings is 1. The summed E-state index contributed by atoms with van der Waals surface area (Å²) in [6.07, 6.45) is 6.10. The fourth-order valence-electron chi connectivity index (χ4n) is 2.81. The number of hydrogen-bond donors (Lipinski definition) is 2. The predicted molar refractivity (Wildman–Crippen MR) is 73.9 cm³/mol. The number of hydrogen-bond acceptors (Lipinski definition) is 5. The Hall–Kier alpha value is -1.69. The van der Waals surface area contributed by atoms with Gasteiger partial charge < -0.3 is 21.2 Å². The molecule has 1 aromatic rings. The number of aromatic nitrogens is 1. The first-order valence-electron chi connectivity index (χ1n) is 6.66. The van der Waals surface area contributed by atoms with Gasteiger partial charge in [0, 0.05) is 12.6 Å². The van der Waals surface area contributed by atoms with Gasteiger partial charge in [-0.3, -0.25) is 0 Å². The van der Waals surface area contributed by atoms with Gasteiger partial charge in [0.25, 0.3) is 0 Å². The van der Waals surface area contributed by atoms with Gasteiger partial charge in [-0.15, -0.1) is 0 Å². The predicted octanol–water partition coefficient (Wildman–Crippen LogP) is 2.31. The van der Waals surface area contributed by atoms with Crippen molar-refractivity contribution in [3.63, 3.8) is 0 Å². The van der Waals surface area contributed by atoms with Crippen LogP contribution >= 0.6 is 0 Å². The van der Waals surface area contributed by atoms with Gasteiger partial charge in [-0.25, -0.2) is 0 Å². The van der Waals surface area contributed by atoms with Crippen LogP contribution < -0.4 is 11.1 Å². The van der Waals surface area contributed by atoms with E-state index >= 15 is 0 Å². The van der Waals surface area contributed by atoms with E-state index in [9.17, 15) is 10.1 Å². The van der Waals surface area contributed by atoms with E-state index in [1.54, 1.807) is 6.07 Å². The smallest absolute Gasteiger partial charge is 0.363 e. The number of nitrogens with one attached hydrogen (secondary N) is 1. The molecule has 0 saturated heterocycles. The first kappa shape index (κ1) is 13.7. The van der Waals surface area contributed by atoms with Gasteiger partial charge >= 0.3 is 5.82 Å². The molecule has 1 heterocycles. The van der Waals surface area contributed by atoms with Crippen LogP contribution in [0.1, 0.15) is 32.6 Å². The van der Waals surface area contributed by atoms with Gasteiger partial charge in [0.05, 0.1) is 11.2 Å². The van der Waals surface area contributed by atoms with Crippen molar-refractivity contribution in [2.24, 2.45) is 11.7 Å². The molecule has 0 aliphatic heterocycles. The molecule has 104 valence electrons. The lowest BCUT2D eigenvalue weighted by molar-refractivity contribution is -0.389. The van der Waals surface area contributed by atoms with Crippen LogP contribution in [0, 0.1) is 16.0 Å². The Bertz CT molecular complexity index is 448. The van der Waals surface area contributed by atoms with E-state index in [0.717, 1.165) is 24.9 Å². The molecule has 1 aliphatic carbocycles. The number of nitrogens with zero attached hydrogens (tertiary/aromatic N) is 2. The summed E-state index contributed by atoms with van der Waals surface area (Å²) in [7, 11) is 0. The van der Waals surface area contributed by atoms with Crippen molar-refractivity contribution < 1.29 is 4.92 Å².